The highest BCUT2D eigenvalue weighted by Crippen LogP contribution is 2.36. The molecule has 2 N–H and O–H groups in total. The number of halogens is 2. The maximum Gasteiger partial charge on any atom is 0.0747 e. The van der Waals surface area contributed by atoms with E-state index in [0.717, 1.165) is 31.9 Å². The molecule has 1 aliphatic rings. The monoisotopic (exact) mass is 301 g/mol. The van der Waals surface area contributed by atoms with Crippen LogP contribution < -0.4 is 10.6 Å². The summed E-state index contributed by atoms with van der Waals surface area (Å²) in [7, 11) is 0. The van der Waals surface area contributed by atoms with Gasteiger partial charge in [-0.2, -0.15) is 0 Å². The molecule has 1 aromatic carbocycles. The lowest BCUT2D eigenvalue weighted by atomic mass is 10.0. The fourth-order valence-corrected chi connectivity index (χ4v) is 3.23. The lowest BCUT2D eigenvalue weighted by Gasteiger charge is -2.43. The molecular weight excluding hydrogens is 281 g/mol. The number of benzene rings is 1. The first-order valence-corrected chi connectivity index (χ1v) is 7.29. The smallest absolute Gasteiger partial charge is 0.0747 e. The van der Waals surface area contributed by atoms with E-state index in [-0.39, 0.29) is 5.54 Å². The SMILES string of the molecule is CC(C)(C)N1CCN(c2c(Cl)cc(N)cc2Cl)CC1. The molecule has 0 aromatic heterocycles. The van der Waals surface area contributed by atoms with Crippen LogP contribution in [-0.2, 0) is 0 Å². The van der Waals surface area contributed by atoms with Gasteiger partial charge in [-0.15, -0.1) is 0 Å². The minimum Gasteiger partial charge on any atom is -0.399 e. The number of piperazine rings is 1. The van der Waals surface area contributed by atoms with Crippen LogP contribution in [-0.4, -0.2) is 36.6 Å². The highest BCUT2D eigenvalue weighted by molar-refractivity contribution is 6.39. The molecule has 0 amide bonds. The Morgan fingerprint density at radius 1 is 1.00 bits per heavy atom. The van der Waals surface area contributed by atoms with Crippen LogP contribution in [0.3, 0.4) is 0 Å². The van der Waals surface area contributed by atoms with E-state index in [2.05, 4.69) is 30.6 Å². The highest BCUT2D eigenvalue weighted by Gasteiger charge is 2.27. The van der Waals surface area contributed by atoms with E-state index in [9.17, 15) is 0 Å². The van der Waals surface area contributed by atoms with Gasteiger partial charge in [0.1, 0.15) is 0 Å². The molecule has 0 saturated carbocycles. The molecule has 0 radical (unpaired) electrons. The first-order valence-electron chi connectivity index (χ1n) is 6.53. The summed E-state index contributed by atoms with van der Waals surface area (Å²) in [5.74, 6) is 0. The van der Waals surface area contributed by atoms with Gasteiger partial charge in [0.2, 0.25) is 0 Å². The molecular formula is C14H21Cl2N3. The summed E-state index contributed by atoms with van der Waals surface area (Å²) in [5.41, 5.74) is 7.46. The summed E-state index contributed by atoms with van der Waals surface area (Å²) < 4.78 is 0. The van der Waals surface area contributed by atoms with E-state index in [1.54, 1.807) is 12.1 Å². The molecule has 5 heteroatoms. The van der Waals surface area contributed by atoms with Gasteiger partial charge in [0.25, 0.3) is 0 Å². The van der Waals surface area contributed by atoms with Gasteiger partial charge in [0.15, 0.2) is 0 Å². The van der Waals surface area contributed by atoms with E-state index in [1.807, 2.05) is 0 Å². The molecule has 1 fully saturated rings. The third-order valence-electron chi connectivity index (χ3n) is 3.58. The standard InChI is InChI=1S/C14H21Cl2N3/c1-14(2,3)19-6-4-18(5-7-19)13-11(15)8-10(17)9-12(13)16/h8-9H,4-7,17H2,1-3H3. The number of anilines is 2. The van der Waals surface area contributed by atoms with Crippen molar-refractivity contribution in [3.05, 3.63) is 22.2 Å². The van der Waals surface area contributed by atoms with Gasteiger partial charge in [0, 0.05) is 37.4 Å². The minimum absolute atomic E-state index is 0.209. The number of rotatable bonds is 1. The number of hydrogen-bond acceptors (Lipinski definition) is 3. The topological polar surface area (TPSA) is 32.5 Å². The van der Waals surface area contributed by atoms with Gasteiger partial charge in [-0.05, 0) is 32.9 Å². The van der Waals surface area contributed by atoms with Crippen molar-refractivity contribution in [2.24, 2.45) is 0 Å². The second-order valence-electron chi connectivity index (χ2n) is 5.98. The Hall–Kier alpha value is -0.640. The number of nitrogens with two attached hydrogens (primary N) is 1. The molecule has 106 valence electrons. The van der Waals surface area contributed by atoms with Crippen LogP contribution in [0.5, 0.6) is 0 Å². The Morgan fingerprint density at radius 3 is 1.89 bits per heavy atom. The van der Waals surface area contributed by atoms with Gasteiger partial charge in [-0.3, -0.25) is 4.90 Å². The number of nitrogen functional groups attached to an aromatic ring is 1. The van der Waals surface area contributed by atoms with Gasteiger partial charge in [-0.25, -0.2) is 0 Å². The normalized spacial score (nSPS) is 17.8. The van der Waals surface area contributed by atoms with Crippen molar-refractivity contribution in [1.82, 2.24) is 4.90 Å². The average Bonchev–Trinajstić information content (AvgIpc) is 2.27. The zero-order valence-electron chi connectivity index (χ0n) is 11.7. The van der Waals surface area contributed by atoms with Gasteiger partial charge in [0.05, 0.1) is 15.7 Å². The van der Waals surface area contributed by atoms with Gasteiger partial charge in [-0.1, -0.05) is 23.2 Å². The Balaban J connectivity index is 2.14. The first-order chi connectivity index (χ1) is 8.79. The van der Waals surface area contributed by atoms with Crippen LogP contribution in [0.1, 0.15) is 20.8 Å². The molecule has 1 saturated heterocycles. The largest absolute Gasteiger partial charge is 0.399 e. The molecule has 3 nitrogen and oxygen atoms in total. The van der Waals surface area contributed by atoms with Crippen LogP contribution in [0.2, 0.25) is 10.0 Å². The maximum atomic E-state index is 6.27. The maximum absolute atomic E-state index is 6.27. The Bertz CT molecular complexity index is 437. The van der Waals surface area contributed by atoms with Crippen LogP contribution in [0.4, 0.5) is 11.4 Å². The fraction of sp³-hybridized carbons (Fsp3) is 0.571. The molecule has 1 heterocycles. The molecule has 0 unspecified atom stereocenters. The predicted molar refractivity (Wildman–Crippen MR) is 84.4 cm³/mol. The van der Waals surface area contributed by atoms with Crippen molar-refractivity contribution in [2.45, 2.75) is 26.3 Å². The zero-order chi connectivity index (χ0) is 14.2. The second kappa shape index (κ2) is 5.39. The molecule has 1 aromatic rings. The Morgan fingerprint density at radius 2 is 1.47 bits per heavy atom. The van der Waals surface area contributed by atoms with E-state index in [4.69, 9.17) is 28.9 Å². The summed E-state index contributed by atoms with van der Waals surface area (Å²) in [5, 5.41) is 1.27. The molecule has 0 aliphatic carbocycles. The predicted octanol–water partition coefficient (Wildman–Crippen LogP) is 3.50. The Labute approximate surface area is 125 Å². The van der Waals surface area contributed by atoms with E-state index < -0.39 is 0 Å². The summed E-state index contributed by atoms with van der Waals surface area (Å²) in [4.78, 5) is 4.72. The molecule has 19 heavy (non-hydrogen) atoms. The highest BCUT2D eigenvalue weighted by atomic mass is 35.5. The summed E-state index contributed by atoms with van der Waals surface area (Å²) in [6.07, 6.45) is 0. The lowest BCUT2D eigenvalue weighted by molar-refractivity contribution is 0.128. The summed E-state index contributed by atoms with van der Waals surface area (Å²) in [6, 6.07) is 3.53. The van der Waals surface area contributed by atoms with Gasteiger partial charge >= 0.3 is 0 Å². The van der Waals surface area contributed by atoms with Crippen molar-refractivity contribution in [1.29, 1.82) is 0 Å². The quantitative estimate of drug-likeness (QED) is 0.806. The fourth-order valence-electron chi connectivity index (χ4n) is 2.49. The summed E-state index contributed by atoms with van der Waals surface area (Å²) in [6.45, 7) is 10.6. The number of nitrogens with zero attached hydrogens (tertiary/aromatic N) is 2. The summed E-state index contributed by atoms with van der Waals surface area (Å²) >= 11 is 12.5. The average molecular weight is 302 g/mol. The molecule has 0 spiro atoms. The van der Waals surface area contributed by atoms with Crippen molar-refractivity contribution in [3.63, 3.8) is 0 Å². The molecule has 0 bridgehead atoms. The zero-order valence-corrected chi connectivity index (χ0v) is 13.2. The third-order valence-corrected chi connectivity index (χ3v) is 4.16. The first kappa shape index (κ1) is 14.8. The lowest BCUT2D eigenvalue weighted by Crippen LogP contribution is -2.53. The second-order valence-corrected chi connectivity index (χ2v) is 6.79. The van der Waals surface area contributed by atoms with Crippen molar-refractivity contribution >= 4 is 34.6 Å². The van der Waals surface area contributed by atoms with Crippen molar-refractivity contribution in [3.8, 4) is 0 Å². The van der Waals surface area contributed by atoms with Crippen LogP contribution in [0.25, 0.3) is 0 Å². The third kappa shape index (κ3) is 3.28. The van der Waals surface area contributed by atoms with Crippen LogP contribution in [0, 0.1) is 0 Å². The molecule has 2 rings (SSSR count). The number of hydrogen-bond donors (Lipinski definition) is 1. The molecule has 1 aliphatic heterocycles. The van der Waals surface area contributed by atoms with Crippen molar-refractivity contribution < 1.29 is 0 Å². The van der Waals surface area contributed by atoms with E-state index >= 15 is 0 Å². The van der Waals surface area contributed by atoms with E-state index in [1.165, 1.54) is 0 Å². The van der Waals surface area contributed by atoms with Crippen LogP contribution >= 0.6 is 23.2 Å². The van der Waals surface area contributed by atoms with Crippen molar-refractivity contribution in [2.75, 3.05) is 36.8 Å². The van der Waals surface area contributed by atoms with Crippen LogP contribution in [0.15, 0.2) is 12.1 Å². The van der Waals surface area contributed by atoms with E-state index in [0.29, 0.717) is 15.7 Å². The van der Waals surface area contributed by atoms with Gasteiger partial charge < -0.3 is 10.6 Å². The Kier molecular flexibility index (Phi) is 4.19. The minimum atomic E-state index is 0.209. The molecule has 0 atom stereocenters.